The Balaban J connectivity index is 1.88. The minimum Gasteiger partial charge on any atom is -0.492 e. The predicted octanol–water partition coefficient (Wildman–Crippen LogP) is 2.49. The van der Waals surface area contributed by atoms with Gasteiger partial charge in [-0.05, 0) is 20.8 Å². The Labute approximate surface area is 174 Å². The van der Waals surface area contributed by atoms with Crippen molar-refractivity contribution in [1.82, 2.24) is 4.57 Å². The fourth-order valence-electron chi connectivity index (χ4n) is 3.17. The number of carbonyl (C=O) groups excluding carboxylic acids is 1. The van der Waals surface area contributed by atoms with Gasteiger partial charge in [0.05, 0.1) is 37.8 Å². The van der Waals surface area contributed by atoms with E-state index in [0.717, 1.165) is 35.8 Å². The highest BCUT2D eigenvalue weighted by molar-refractivity contribution is 7.07. The lowest BCUT2D eigenvalue weighted by molar-refractivity contribution is -0.116. The van der Waals surface area contributed by atoms with Crippen molar-refractivity contribution in [3.8, 4) is 11.5 Å². The van der Waals surface area contributed by atoms with Gasteiger partial charge in [0.1, 0.15) is 18.0 Å². The van der Waals surface area contributed by atoms with Crippen LogP contribution >= 0.6 is 11.3 Å². The van der Waals surface area contributed by atoms with Crippen LogP contribution in [0.4, 0.5) is 11.4 Å². The summed E-state index contributed by atoms with van der Waals surface area (Å²) in [5.74, 6) is 0.952. The van der Waals surface area contributed by atoms with E-state index in [9.17, 15) is 9.59 Å². The highest BCUT2D eigenvalue weighted by Crippen LogP contribution is 2.39. The number of thiazole rings is 1. The Bertz CT molecular complexity index is 902. The van der Waals surface area contributed by atoms with Gasteiger partial charge in [-0.3, -0.25) is 14.2 Å². The fourth-order valence-corrected chi connectivity index (χ4v) is 3.91. The average Bonchev–Trinajstić information content (AvgIpc) is 3.02. The molecule has 1 N–H and O–H groups in total. The normalized spacial score (nSPS) is 14.0. The third kappa shape index (κ3) is 5.10. The van der Waals surface area contributed by atoms with Gasteiger partial charge in [0.2, 0.25) is 5.91 Å². The van der Waals surface area contributed by atoms with E-state index in [0.29, 0.717) is 43.6 Å². The first-order valence-electron chi connectivity index (χ1n) is 9.74. The van der Waals surface area contributed by atoms with Gasteiger partial charge >= 0.3 is 4.87 Å². The smallest absolute Gasteiger partial charge is 0.307 e. The first-order chi connectivity index (χ1) is 14.0. The van der Waals surface area contributed by atoms with Crippen LogP contribution in [0.5, 0.6) is 11.5 Å². The van der Waals surface area contributed by atoms with Crippen LogP contribution in [0.15, 0.2) is 22.3 Å². The summed E-state index contributed by atoms with van der Waals surface area (Å²) in [6.45, 7) is 9.37. The molecular formula is C20H27N3O5S. The molecule has 2 heterocycles. The number of hydrogen-bond donors (Lipinski definition) is 1. The lowest BCUT2D eigenvalue weighted by Crippen LogP contribution is -2.36. The molecule has 1 aliphatic rings. The summed E-state index contributed by atoms with van der Waals surface area (Å²) < 4.78 is 18.5. The average molecular weight is 422 g/mol. The molecule has 158 valence electrons. The third-order valence-corrected chi connectivity index (χ3v) is 5.45. The Morgan fingerprint density at radius 2 is 1.86 bits per heavy atom. The molecule has 1 fully saturated rings. The molecular weight excluding hydrogens is 394 g/mol. The zero-order valence-corrected chi connectivity index (χ0v) is 17.8. The molecule has 0 radical (unpaired) electrons. The van der Waals surface area contributed by atoms with Crippen molar-refractivity contribution in [2.24, 2.45) is 0 Å². The van der Waals surface area contributed by atoms with Crippen molar-refractivity contribution >= 4 is 28.6 Å². The van der Waals surface area contributed by atoms with E-state index in [1.54, 1.807) is 18.4 Å². The van der Waals surface area contributed by atoms with Crippen molar-refractivity contribution in [3.05, 3.63) is 32.9 Å². The van der Waals surface area contributed by atoms with E-state index >= 15 is 0 Å². The first-order valence-corrected chi connectivity index (χ1v) is 10.6. The van der Waals surface area contributed by atoms with Crippen molar-refractivity contribution in [3.63, 3.8) is 0 Å². The topological polar surface area (TPSA) is 82.0 Å². The minimum absolute atomic E-state index is 0.0467. The molecule has 8 nitrogen and oxygen atoms in total. The lowest BCUT2D eigenvalue weighted by atomic mass is 10.2. The van der Waals surface area contributed by atoms with Crippen LogP contribution in [0.25, 0.3) is 0 Å². The van der Waals surface area contributed by atoms with Crippen molar-refractivity contribution in [2.45, 2.75) is 27.3 Å². The van der Waals surface area contributed by atoms with Gasteiger partial charge in [-0.15, -0.1) is 0 Å². The molecule has 1 aliphatic heterocycles. The van der Waals surface area contributed by atoms with Gasteiger partial charge in [0.25, 0.3) is 0 Å². The van der Waals surface area contributed by atoms with Crippen LogP contribution in [-0.2, 0) is 16.1 Å². The van der Waals surface area contributed by atoms with Crippen molar-refractivity contribution in [1.29, 1.82) is 0 Å². The SMILES string of the molecule is CCOc1cc(N2CCOCC2)c(OCC)cc1NC(=O)Cn1c(C)csc1=O. The van der Waals surface area contributed by atoms with Gasteiger partial charge in [0, 0.05) is 36.3 Å². The number of morpholine rings is 1. The zero-order chi connectivity index (χ0) is 20.8. The molecule has 9 heteroatoms. The second-order valence-electron chi connectivity index (χ2n) is 6.56. The van der Waals surface area contributed by atoms with E-state index in [2.05, 4.69) is 10.2 Å². The van der Waals surface area contributed by atoms with Crippen molar-refractivity contribution in [2.75, 3.05) is 49.7 Å². The van der Waals surface area contributed by atoms with E-state index in [1.165, 1.54) is 4.57 Å². The van der Waals surface area contributed by atoms with Gasteiger partial charge in [0.15, 0.2) is 0 Å². The third-order valence-electron chi connectivity index (χ3n) is 4.56. The summed E-state index contributed by atoms with van der Waals surface area (Å²) in [7, 11) is 0. The maximum Gasteiger partial charge on any atom is 0.307 e. The Morgan fingerprint density at radius 3 is 2.48 bits per heavy atom. The fraction of sp³-hybridized carbons (Fsp3) is 0.500. The van der Waals surface area contributed by atoms with E-state index < -0.39 is 0 Å². The van der Waals surface area contributed by atoms with Crippen LogP contribution in [0.3, 0.4) is 0 Å². The largest absolute Gasteiger partial charge is 0.492 e. The maximum absolute atomic E-state index is 12.6. The van der Waals surface area contributed by atoms with Gasteiger partial charge in [-0.2, -0.15) is 0 Å². The molecule has 3 rings (SSSR count). The molecule has 0 spiro atoms. The minimum atomic E-state index is -0.295. The molecule has 0 bridgehead atoms. The van der Waals surface area contributed by atoms with E-state index in [1.807, 2.05) is 19.9 Å². The summed E-state index contributed by atoms with van der Waals surface area (Å²) in [5.41, 5.74) is 2.21. The van der Waals surface area contributed by atoms with Gasteiger partial charge < -0.3 is 24.4 Å². The van der Waals surface area contributed by atoms with Crippen LogP contribution in [-0.4, -0.2) is 50.0 Å². The number of anilines is 2. The number of hydrogen-bond acceptors (Lipinski definition) is 7. The van der Waals surface area contributed by atoms with Gasteiger partial charge in [-0.1, -0.05) is 11.3 Å². The number of benzene rings is 1. The van der Waals surface area contributed by atoms with Gasteiger partial charge in [-0.25, -0.2) is 0 Å². The summed E-state index contributed by atoms with van der Waals surface area (Å²) in [6.07, 6.45) is 0. The number of aryl methyl sites for hydroxylation is 1. The summed E-state index contributed by atoms with van der Waals surface area (Å²) in [4.78, 5) is 26.5. The zero-order valence-electron chi connectivity index (χ0n) is 17.0. The summed E-state index contributed by atoms with van der Waals surface area (Å²) >= 11 is 1.08. The Morgan fingerprint density at radius 1 is 1.17 bits per heavy atom. The predicted molar refractivity (Wildman–Crippen MR) is 114 cm³/mol. The molecule has 1 amide bonds. The van der Waals surface area contributed by atoms with E-state index in [4.69, 9.17) is 14.2 Å². The van der Waals surface area contributed by atoms with Crippen LogP contribution in [0, 0.1) is 6.92 Å². The number of nitrogens with one attached hydrogen (secondary N) is 1. The number of aromatic nitrogens is 1. The molecule has 0 saturated carbocycles. The maximum atomic E-state index is 12.6. The standard InChI is InChI=1S/C20H27N3O5S/c1-4-27-17-11-16(22-6-8-26-9-7-22)18(28-5-2)10-15(17)21-19(24)12-23-14(3)13-29-20(23)25/h10-11,13H,4-9,12H2,1-3H3,(H,21,24). The molecule has 1 aromatic heterocycles. The molecule has 29 heavy (non-hydrogen) atoms. The number of carbonyl (C=O) groups is 1. The second-order valence-corrected chi connectivity index (χ2v) is 7.38. The summed E-state index contributed by atoms with van der Waals surface area (Å²) in [6, 6.07) is 3.69. The monoisotopic (exact) mass is 421 g/mol. The Kier molecular flexibility index (Phi) is 7.16. The lowest BCUT2D eigenvalue weighted by Gasteiger charge is -2.31. The molecule has 1 saturated heterocycles. The first kappa shape index (κ1) is 21.2. The number of ether oxygens (including phenoxy) is 3. The van der Waals surface area contributed by atoms with Crippen LogP contribution < -0.4 is 24.6 Å². The highest BCUT2D eigenvalue weighted by Gasteiger charge is 2.20. The van der Waals surface area contributed by atoms with Crippen molar-refractivity contribution < 1.29 is 19.0 Å². The number of amides is 1. The van der Waals surface area contributed by atoms with Crippen LogP contribution in [0.1, 0.15) is 19.5 Å². The molecule has 0 aliphatic carbocycles. The Hall–Kier alpha value is -2.52. The highest BCUT2D eigenvalue weighted by atomic mass is 32.1. The second kappa shape index (κ2) is 9.80. The number of rotatable bonds is 8. The number of nitrogens with zero attached hydrogens (tertiary/aromatic N) is 2. The summed E-state index contributed by atoms with van der Waals surface area (Å²) in [5, 5.41) is 4.62. The molecule has 0 unspecified atom stereocenters. The molecule has 0 atom stereocenters. The molecule has 1 aromatic carbocycles. The quantitative estimate of drug-likeness (QED) is 0.705. The van der Waals surface area contributed by atoms with Crippen LogP contribution in [0.2, 0.25) is 0 Å². The van der Waals surface area contributed by atoms with E-state index in [-0.39, 0.29) is 17.3 Å². The molecule has 2 aromatic rings.